The molecule has 3 heteroatoms. The van der Waals surface area contributed by atoms with Crippen LogP contribution in [0.1, 0.15) is 16.7 Å². The average molecular weight is 406 g/mol. The Bertz CT molecular complexity index is 906. The van der Waals surface area contributed by atoms with Gasteiger partial charge in [-0.1, -0.05) is 72.8 Å². The smallest absolute Gasteiger partial charge is 0.141 e. The van der Waals surface area contributed by atoms with Crippen LogP contribution in [0.3, 0.4) is 0 Å². The first-order chi connectivity index (χ1) is 12.8. The molecule has 0 unspecified atom stereocenters. The van der Waals surface area contributed by atoms with Crippen LogP contribution in [-0.4, -0.2) is 6.54 Å². The number of para-hydroxylation sites is 1. The third-order valence-corrected chi connectivity index (χ3v) is 5.12. The molecule has 1 aliphatic rings. The molecule has 2 nitrogen and oxygen atoms in total. The maximum Gasteiger partial charge on any atom is 0.141 e. The molecule has 1 heterocycles. The van der Waals surface area contributed by atoms with Gasteiger partial charge in [-0.2, -0.15) is 0 Å². The molecule has 26 heavy (non-hydrogen) atoms. The molecular formula is C23H20BrNO. The lowest BCUT2D eigenvalue weighted by Crippen LogP contribution is -2.28. The molecule has 0 saturated carbocycles. The van der Waals surface area contributed by atoms with Gasteiger partial charge in [0.1, 0.15) is 12.4 Å². The molecule has 4 rings (SSSR count). The maximum absolute atomic E-state index is 6.21. The minimum absolute atomic E-state index is 0.568. The molecule has 1 aliphatic heterocycles. The van der Waals surface area contributed by atoms with Crippen molar-refractivity contribution in [1.82, 2.24) is 0 Å². The Kier molecular flexibility index (Phi) is 5.07. The van der Waals surface area contributed by atoms with E-state index in [9.17, 15) is 0 Å². The molecular weight excluding hydrogens is 386 g/mol. The number of benzene rings is 3. The summed E-state index contributed by atoms with van der Waals surface area (Å²) in [5, 5.41) is 0. The van der Waals surface area contributed by atoms with Crippen molar-refractivity contribution in [2.45, 2.75) is 13.2 Å². The number of hydrogen-bond acceptors (Lipinski definition) is 2. The van der Waals surface area contributed by atoms with Crippen LogP contribution in [0.5, 0.6) is 0 Å². The minimum atomic E-state index is 0.568. The van der Waals surface area contributed by atoms with Crippen LogP contribution in [0, 0.1) is 0 Å². The maximum atomic E-state index is 6.21. The van der Waals surface area contributed by atoms with Gasteiger partial charge in [0.15, 0.2) is 0 Å². The summed E-state index contributed by atoms with van der Waals surface area (Å²) in [4.78, 5) is 2.38. The van der Waals surface area contributed by atoms with Crippen molar-refractivity contribution in [3.05, 3.63) is 106 Å². The SMILES string of the molecule is BrC1=C(OCc2ccccc2)c2ccccc2N(Cc2ccccc2)C1. The quantitative estimate of drug-likeness (QED) is 0.516. The van der Waals surface area contributed by atoms with Crippen LogP contribution in [0.25, 0.3) is 5.76 Å². The molecule has 0 spiro atoms. The van der Waals surface area contributed by atoms with Crippen LogP contribution in [0.2, 0.25) is 0 Å². The molecule has 0 saturated heterocycles. The molecule has 130 valence electrons. The summed E-state index contributed by atoms with van der Waals surface area (Å²) in [6.45, 7) is 2.24. The van der Waals surface area contributed by atoms with Crippen LogP contribution in [0.15, 0.2) is 89.4 Å². The Morgan fingerprint density at radius 2 is 1.38 bits per heavy atom. The first kappa shape index (κ1) is 16.9. The number of halogens is 1. The Balaban J connectivity index is 1.59. The molecule has 0 N–H and O–H groups in total. The van der Waals surface area contributed by atoms with Gasteiger partial charge in [0, 0.05) is 17.8 Å². The number of ether oxygens (including phenoxy) is 1. The molecule has 0 atom stereocenters. The fourth-order valence-electron chi connectivity index (χ4n) is 3.24. The molecule has 0 aromatic heterocycles. The molecule has 0 aliphatic carbocycles. The van der Waals surface area contributed by atoms with Crippen LogP contribution in [-0.2, 0) is 17.9 Å². The summed E-state index contributed by atoms with van der Waals surface area (Å²) >= 11 is 3.76. The summed E-state index contributed by atoms with van der Waals surface area (Å²) in [6, 6.07) is 29.3. The van der Waals surface area contributed by atoms with Gasteiger partial charge in [0.05, 0.1) is 11.0 Å². The Hall–Kier alpha value is -2.52. The minimum Gasteiger partial charge on any atom is -0.487 e. The van der Waals surface area contributed by atoms with Crippen molar-refractivity contribution in [2.75, 3.05) is 11.4 Å². The van der Waals surface area contributed by atoms with E-state index < -0.39 is 0 Å². The highest BCUT2D eigenvalue weighted by molar-refractivity contribution is 9.11. The zero-order chi connectivity index (χ0) is 17.8. The first-order valence-corrected chi connectivity index (χ1v) is 9.54. The summed E-state index contributed by atoms with van der Waals surface area (Å²) in [7, 11) is 0. The number of rotatable bonds is 5. The van der Waals surface area contributed by atoms with Crippen LogP contribution in [0.4, 0.5) is 5.69 Å². The van der Waals surface area contributed by atoms with E-state index >= 15 is 0 Å². The van der Waals surface area contributed by atoms with E-state index in [0.29, 0.717) is 6.61 Å². The van der Waals surface area contributed by atoms with E-state index in [2.05, 4.69) is 87.6 Å². The zero-order valence-corrected chi connectivity index (χ0v) is 16.0. The summed E-state index contributed by atoms with van der Waals surface area (Å²) in [5.74, 6) is 0.939. The fraction of sp³-hybridized carbons (Fsp3) is 0.130. The predicted octanol–water partition coefficient (Wildman–Crippen LogP) is 5.99. The summed E-state index contributed by atoms with van der Waals surface area (Å²) in [5.41, 5.74) is 4.82. The monoisotopic (exact) mass is 405 g/mol. The number of fused-ring (bicyclic) bond motifs is 1. The molecule has 3 aromatic carbocycles. The highest BCUT2D eigenvalue weighted by Gasteiger charge is 2.24. The second kappa shape index (κ2) is 7.79. The van der Waals surface area contributed by atoms with Crippen molar-refractivity contribution in [3.63, 3.8) is 0 Å². The van der Waals surface area contributed by atoms with E-state index in [1.807, 2.05) is 18.2 Å². The van der Waals surface area contributed by atoms with Gasteiger partial charge in [-0.3, -0.25) is 0 Å². The van der Waals surface area contributed by atoms with Crippen molar-refractivity contribution in [3.8, 4) is 0 Å². The first-order valence-electron chi connectivity index (χ1n) is 8.75. The molecule has 0 radical (unpaired) electrons. The Morgan fingerprint density at radius 3 is 2.12 bits per heavy atom. The summed E-state index contributed by atoms with van der Waals surface area (Å²) < 4.78 is 7.30. The summed E-state index contributed by atoms with van der Waals surface area (Å²) in [6.07, 6.45) is 0. The van der Waals surface area contributed by atoms with E-state index in [1.54, 1.807) is 0 Å². The third-order valence-electron chi connectivity index (χ3n) is 4.51. The lowest BCUT2D eigenvalue weighted by molar-refractivity contribution is 0.262. The molecule has 0 fully saturated rings. The number of nitrogens with zero attached hydrogens (tertiary/aromatic N) is 1. The standard InChI is InChI=1S/C23H20BrNO/c24-21-16-25(15-18-9-3-1-4-10-18)22-14-8-7-13-20(22)23(21)26-17-19-11-5-2-6-12-19/h1-14H,15-17H2. The molecule has 0 amide bonds. The van der Waals surface area contributed by atoms with E-state index in [-0.39, 0.29) is 0 Å². The van der Waals surface area contributed by atoms with E-state index in [4.69, 9.17) is 4.74 Å². The van der Waals surface area contributed by atoms with E-state index in [0.717, 1.165) is 28.9 Å². The number of hydrogen-bond donors (Lipinski definition) is 0. The van der Waals surface area contributed by atoms with Gasteiger partial charge in [-0.05, 0) is 39.2 Å². The largest absolute Gasteiger partial charge is 0.487 e. The van der Waals surface area contributed by atoms with Crippen molar-refractivity contribution >= 4 is 27.4 Å². The Labute approximate surface area is 162 Å². The third kappa shape index (κ3) is 3.68. The average Bonchev–Trinajstić information content (AvgIpc) is 2.69. The van der Waals surface area contributed by atoms with Gasteiger partial charge in [0.2, 0.25) is 0 Å². The van der Waals surface area contributed by atoms with Gasteiger partial charge in [-0.25, -0.2) is 0 Å². The zero-order valence-electron chi connectivity index (χ0n) is 14.4. The lowest BCUT2D eigenvalue weighted by Gasteiger charge is -2.32. The van der Waals surface area contributed by atoms with Crippen molar-refractivity contribution in [1.29, 1.82) is 0 Å². The highest BCUT2D eigenvalue weighted by atomic mass is 79.9. The topological polar surface area (TPSA) is 12.5 Å². The second-order valence-corrected chi connectivity index (χ2v) is 7.32. The normalized spacial score (nSPS) is 13.5. The van der Waals surface area contributed by atoms with Crippen LogP contribution >= 0.6 is 15.9 Å². The highest BCUT2D eigenvalue weighted by Crippen LogP contribution is 2.38. The second-order valence-electron chi connectivity index (χ2n) is 6.37. The fourth-order valence-corrected chi connectivity index (χ4v) is 3.87. The van der Waals surface area contributed by atoms with Gasteiger partial charge in [0.25, 0.3) is 0 Å². The Morgan fingerprint density at radius 1 is 0.769 bits per heavy atom. The van der Waals surface area contributed by atoms with E-state index in [1.165, 1.54) is 16.8 Å². The molecule has 3 aromatic rings. The van der Waals surface area contributed by atoms with Crippen LogP contribution < -0.4 is 4.90 Å². The van der Waals surface area contributed by atoms with Gasteiger partial charge < -0.3 is 9.64 Å². The molecule has 0 bridgehead atoms. The lowest BCUT2D eigenvalue weighted by atomic mass is 10.0. The van der Waals surface area contributed by atoms with Gasteiger partial charge >= 0.3 is 0 Å². The van der Waals surface area contributed by atoms with Crippen molar-refractivity contribution in [2.24, 2.45) is 0 Å². The van der Waals surface area contributed by atoms with Gasteiger partial charge in [-0.15, -0.1) is 0 Å². The predicted molar refractivity (Wildman–Crippen MR) is 111 cm³/mol. The van der Waals surface area contributed by atoms with Crippen molar-refractivity contribution < 1.29 is 4.74 Å². The number of anilines is 1.